The van der Waals surface area contributed by atoms with Crippen molar-refractivity contribution >= 4 is 11.1 Å². The summed E-state index contributed by atoms with van der Waals surface area (Å²) in [6.07, 6.45) is 1.18. The molecule has 4 heteroatoms. The summed E-state index contributed by atoms with van der Waals surface area (Å²) in [6, 6.07) is 2.87. The molecule has 0 saturated heterocycles. The smallest absolute Gasteiger partial charge is 0.190 e. The number of rotatable bonds is 1. The normalized spacial score (nSPS) is 12.3. The summed E-state index contributed by atoms with van der Waals surface area (Å²) in [6.45, 7) is 3.18. The first-order chi connectivity index (χ1) is 6.48. The van der Waals surface area contributed by atoms with Gasteiger partial charge in [-0.1, -0.05) is 0 Å². The Morgan fingerprint density at radius 1 is 1.43 bits per heavy atom. The van der Waals surface area contributed by atoms with Crippen LogP contribution in [0.3, 0.4) is 0 Å². The van der Waals surface area contributed by atoms with Gasteiger partial charge in [-0.15, -0.1) is 0 Å². The van der Waals surface area contributed by atoms with Crippen LogP contribution in [-0.2, 0) is 5.60 Å². The molecule has 0 spiro atoms. The first kappa shape index (κ1) is 9.15. The van der Waals surface area contributed by atoms with E-state index in [1.165, 1.54) is 12.5 Å². The number of oxazole rings is 1. The van der Waals surface area contributed by atoms with E-state index >= 15 is 0 Å². The molecule has 74 valence electrons. The van der Waals surface area contributed by atoms with Crippen molar-refractivity contribution in [3.63, 3.8) is 0 Å². The molecule has 3 nitrogen and oxygen atoms in total. The molecule has 0 atom stereocenters. The van der Waals surface area contributed by atoms with Crippen molar-refractivity contribution in [1.82, 2.24) is 4.98 Å². The van der Waals surface area contributed by atoms with Gasteiger partial charge in [0, 0.05) is 0 Å². The van der Waals surface area contributed by atoms with Gasteiger partial charge in [0.2, 0.25) is 0 Å². The molecule has 1 heterocycles. The average Bonchev–Trinajstić information content (AvgIpc) is 2.50. The Bertz CT molecular complexity index is 470. The minimum absolute atomic E-state index is 0.123. The van der Waals surface area contributed by atoms with Crippen LogP contribution in [0.4, 0.5) is 4.39 Å². The summed E-state index contributed by atoms with van der Waals surface area (Å²) in [5.74, 6) is -0.503. The first-order valence-corrected chi connectivity index (χ1v) is 4.24. The number of nitrogens with zero attached hydrogens (tertiary/aromatic N) is 1. The summed E-state index contributed by atoms with van der Waals surface area (Å²) in [4.78, 5) is 3.84. The Hall–Kier alpha value is -1.42. The van der Waals surface area contributed by atoms with Crippen LogP contribution in [0, 0.1) is 5.82 Å². The highest BCUT2D eigenvalue weighted by atomic mass is 19.1. The van der Waals surface area contributed by atoms with Crippen LogP contribution >= 0.6 is 0 Å². The Morgan fingerprint density at radius 3 is 2.79 bits per heavy atom. The molecule has 0 saturated carbocycles. The van der Waals surface area contributed by atoms with Crippen molar-refractivity contribution in [3.8, 4) is 0 Å². The molecule has 0 radical (unpaired) electrons. The third-order valence-electron chi connectivity index (χ3n) is 2.09. The van der Waals surface area contributed by atoms with Crippen molar-refractivity contribution in [2.75, 3.05) is 0 Å². The number of fused-ring (bicyclic) bond motifs is 1. The molecule has 14 heavy (non-hydrogen) atoms. The first-order valence-electron chi connectivity index (χ1n) is 4.24. The van der Waals surface area contributed by atoms with Crippen LogP contribution < -0.4 is 0 Å². The van der Waals surface area contributed by atoms with Gasteiger partial charge in [-0.3, -0.25) is 0 Å². The van der Waals surface area contributed by atoms with E-state index in [2.05, 4.69) is 4.98 Å². The van der Waals surface area contributed by atoms with Crippen molar-refractivity contribution in [3.05, 3.63) is 29.9 Å². The molecular weight excluding hydrogens is 185 g/mol. The van der Waals surface area contributed by atoms with E-state index in [0.29, 0.717) is 11.1 Å². The van der Waals surface area contributed by atoms with Gasteiger partial charge in [-0.2, -0.15) is 0 Å². The van der Waals surface area contributed by atoms with Gasteiger partial charge >= 0.3 is 0 Å². The second kappa shape index (κ2) is 2.78. The van der Waals surface area contributed by atoms with Crippen molar-refractivity contribution in [2.24, 2.45) is 0 Å². The predicted octanol–water partition coefficient (Wildman–Crippen LogP) is 2.19. The highest BCUT2D eigenvalue weighted by Gasteiger charge is 2.19. The zero-order valence-electron chi connectivity index (χ0n) is 7.91. The van der Waals surface area contributed by atoms with E-state index in [-0.39, 0.29) is 5.58 Å². The maximum atomic E-state index is 13.4. The lowest BCUT2D eigenvalue weighted by Crippen LogP contribution is -2.15. The summed E-state index contributed by atoms with van der Waals surface area (Å²) in [7, 11) is 0. The lowest BCUT2D eigenvalue weighted by molar-refractivity contribution is 0.0784. The fraction of sp³-hybridized carbons (Fsp3) is 0.300. The van der Waals surface area contributed by atoms with Gasteiger partial charge in [0.05, 0.1) is 5.60 Å². The SMILES string of the molecule is CC(C)(O)c1cc(F)c2ocnc2c1. The molecule has 2 rings (SSSR count). The number of aromatic nitrogens is 1. The molecular formula is C10H10FNO2. The Morgan fingerprint density at radius 2 is 2.14 bits per heavy atom. The Labute approximate surface area is 80.2 Å². The molecule has 0 aliphatic carbocycles. The van der Waals surface area contributed by atoms with E-state index in [1.807, 2.05) is 0 Å². The molecule has 1 aromatic carbocycles. The highest BCUT2D eigenvalue weighted by molar-refractivity contribution is 5.73. The van der Waals surface area contributed by atoms with Crippen LogP contribution in [0.5, 0.6) is 0 Å². The molecule has 0 fully saturated rings. The van der Waals surface area contributed by atoms with Crippen molar-refractivity contribution in [1.29, 1.82) is 0 Å². The third-order valence-corrected chi connectivity index (χ3v) is 2.09. The summed E-state index contributed by atoms with van der Waals surface area (Å²) < 4.78 is 18.2. The monoisotopic (exact) mass is 195 g/mol. The van der Waals surface area contributed by atoms with Crippen LogP contribution in [-0.4, -0.2) is 10.1 Å². The van der Waals surface area contributed by atoms with Gasteiger partial charge < -0.3 is 9.52 Å². The fourth-order valence-electron chi connectivity index (χ4n) is 1.28. The lowest BCUT2D eigenvalue weighted by atomic mass is 9.98. The van der Waals surface area contributed by atoms with E-state index in [9.17, 15) is 9.50 Å². The minimum Gasteiger partial charge on any atom is -0.440 e. The second-order valence-corrected chi connectivity index (χ2v) is 3.72. The van der Waals surface area contributed by atoms with Gasteiger partial charge in [-0.25, -0.2) is 9.37 Å². The minimum atomic E-state index is -1.08. The lowest BCUT2D eigenvalue weighted by Gasteiger charge is -2.17. The summed E-state index contributed by atoms with van der Waals surface area (Å²) in [5, 5.41) is 9.69. The number of hydrogen-bond acceptors (Lipinski definition) is 3. The zero-order valence-corrected chi connectivity index (χ0v) is 7.91. The van der Waals surface area contributed by atoms with Crippen LogP contribution in [0.25, 0.3) is 11.1 Å². The number of benzene rings is 1. The quantitative estimate of drug-likeness (QED) is 0.758. The molecule has 1 N–H and O–H groups in total. The molecule has 0 bridgehead atoms. The zero-order chi connectivity index (χ0) is 10.3. The van der Waals surface area contributed by atoms with Gasteiger partial charge in [0.1, 0.15) is 5.52 Å². The molecule has 0 aliphatic heterocycles. The van der Waals surface area contributed by atoms with Crippen LogP contribution in [0.2, 0.25) is 0 Å². The van der Waals surface area contributed by atoms with Gasteiger partial charge in [-0.05, 0) is 31.5 Å². The topological polar surface area (TPSA) is 46.3 Å². The molecule has 2 aromatic rings. The van der Waals surface area contributed by atoms with Gasteiger partial charge in [0.25, 0.3) is 0 Å². The second-order valence-electron chi connectivity index (χ2n) is 3.72. The predicted molar refractivity (Wildman–Crippen MR) is 49.2 cm³/mol. The highest BCUT2D eigenvalue weighted by Crippen LogP contribution is 2.25. The van der Waals surface area contributed by atoms with E-state index < -0.39 is 11.4 Å². The van der Waals surface area contributed by atoms with Crippen LogP contribution in [0.1, 0.15) is 19.4 Å². The number of aliphatic hydroxyl groups is 1. The van der Waals surface area contributed by atoms with Gasteiger partial charge in [0.15, 0.2) is 17.8 Å². The molecule has 0 unspecified atom stereocenters. The average molecular weight is 195 g/mol. The van der Waals surface area contributed by atoms with Crippen molar-refractivity contribution < 1.29 is 13.9 Å². The van der Waals surface area contributed by atoms with E-state index in [4.69, 9.17) is 4.42 Å². The number of hydrogen-bond donors (Lipinski definition) is 1. The standard InChI is InChI=1S/C10H10FNO2/c1-10(2,13)6-3-7(11)9-8(4-6)12-5-14-9/h3-5,13H,1-2H3. The third kappa shape index (κ3) is 1.37. The largest absolute Gasteiger partial charge is 0.440 e. The Kier molecular flexibility index (Phi) is 1.82. The maximum absolute atomic E-state index is 13.4. The fourth-order valence-corrected chi connectivity index (χ4v) is 1.28. The molecule has 0 amide bonds. The molecule has 0 aliphatic rings. The van der Waals surface area contributed by atoms with E-state index in [0.717, 1.165) is 0 Å². The Balaban J connectivity index is 2.70. The maximum Gasteiger partial charge on any atom is 0.190 e. The van der Waals surface area contributed by atoms with Crippen LogP contribution in [0.15, 0.2) is 22.9 Å². The van der Waals surface area contributed by atoms with E-state index in [1.54, 1.807) is 19.9 Å². The molecule has 1 aromatic heterocycles. The summed E-state index contributed by atoms with van der Waals surface area (Å²) in [5.41, 5.74) is -0.0509. The summed E-state index contributed by atoms with van der Waals surface area (Å²) >= 11 is 0. The number of halogens is 1. The van der Waals surface area contributed by atoms with Crippen molar-refractivity contribution in [2.45, 2.75) is 19.4 Å².